The fraction of sp³-hybridized carbons (Fsp3) is 0.150. The van der Waals surface area contributed by atoms with Gasteiger partial charge in [0.15, 0.2) is 12.4 Å². The first-order valence-corrected chi connectivity index (χ1v) is 9.05. The minimum atomic E-state index is -1.29. The SMILES string of the molecule is CCn1c(C)c(-c2cc[nH+]cc2)c(=O)c(C(=O)O)c1-c1ccc(Cl)c(Cl)c1. The van der Waals surface area contributed by atoms with Crippen molar-refractivity contribution < 1.29 is 14.9 Å². The zero-order valence-corrected chi connectivity index (χ0v) is 16.2. The van der Waals surface area contributed by atoms with E-state index < -0.39 is 11.4 Å². The Morgan fingerprint density at radius 3 is 2.33 bits per heavy atom. The zero-order valence-electron chi connectivity index (χ0n) is 14.7. The van der Waals surface area contributed by atoms with Gasteiger partial charge in [0.25, 0.3) is 0 Å². The van der Waals surface area contributed by atoms with Gasteiger partial charge >= 0.3 is 5.97 Å². The van der Waals surface area contributed by atoms with Crippen LogP contribution in [0.4, 0.5) is 0 Å². The first kappa shape index (κ1) is 19.1. The normalized spacial score (nSPS) is 10.8. The zero-order chi connectivity index (χ0) is 19.7. The van der Waals surface area contributed by atoms with Crippen molar-refractivity contribution in [2.75, 3.05) is 0 Å². The van der Waals surface area contributed by atoms with Crippen LogP contribution in [0.5, 0.6) is 0 Å². The molecule has 0 amide bonds. The summed E-state index contributed by atoms with van der Waals surface area (Å²) in [5.74, 6) is -1.29. The Morgan fingerprint density at radius 1 is 1.11 bits per heavy atom. The van der Waals surface area contributed by atoms with Gasteiger partial charge in [0, 0.05) is 35.5 Å². The Hall–Kier alpha value is -2.63. The van der Waals surface area contributed by atoms with Crippen LogP contribution in [-0.2, 0) is 6.54 Å². The summed E-state index contributed by atoms with van der Waals surface area (Å²) in [4.78, 5) is 28.1. The van der Waals surface area contributed by atoms with Crippen LogP contribution in [0.25, 0.3) is 22.4 Å². The molecule has 0 aliphatic carbocycles. The van der Waals surface area contributed by atoms with Gasteiger partial charge < -0.3 is 9.67 Å². The van der Waals surface area contributed by atoms with Gasteiger partial charge in [-0.05, 0) is 31.5 Å². The number of benzene rings is 1. The third kappa shape index (κ3) is 3.36. The number of aromatic amines is 1. The van der Waals surface area contributed by atoms with Crippen molar-refractivity contribution >= 4 is 29.2 Å². The maximum absolute atomic E-state index is 13.2. The van der Waals surface area contributed by atoms with E-state index in [-0.39, 0.29) is 5.56 Å². The molecule has 0 radical (unpaired) electrons. The van der Waals surface area contributed by atoms with Crippen molar-refractivity contribution in [3.8, 4) is 22.4 Å². The number of hydrogen-bond donors (Lipinski definition) is 1. The Morgan fingerprint density at radius 2 is 1.78 bits per heavy atom. The minimum absolute atomic E-state index is 0.288. The van der Waals surface area contributed by atoms with Crippen molar-refractivity contribution in [1.82, 2.24) is 4.57 Å². The highest BCUT2D eigenvalue weighted by molar-refractivity contribution is 6.42. The molecule has 5 nitrogen and oxygen atoms in total. The molecular formula is C20H17Cl2N2O3+. The fourth-order valence-electron chi connectivity index (χ4n) is 3.27. The number of carbonyl (C=O) groups is 1. The Labute approximate surface area is 165 Å². The van der Waals surface area contributed by atoms with Gasteiger partial charge in [-0.3, -0.25) is 4.79 Å². The fourth-order valence-corrected chi connectivity index (χ4v) is 3.56. The number of carboxylic acid groups (broad SMARTS) is 1. The van der Waals surface area contributed by atoms with E-state index in [0.717, 1.165) is 0 Å². The van der Waals surface area contributed by atoms with Crippen LogP contribution in [0.2, 0.25) is 10.0 Å². The van der Waals surface area contributed by atoms with Crippen LogP contribution in [0.3, 0.4) is 0 Å². The van der Waals surface area contributed by atoms with Crippen molar-refractivity contribution in [1.29, 1.82) is 0 Å². The monoisotopic (exact) mass is 403 g/mol. The molecular weight excluding hydrogens is 387 g/mol. The van der Waals surface area contributed by atoms with Gasteiger partial charge in [0.1, 0.15) is 5.56 Å². The summed E-state index contributed by atoms with van der Waals surface area (Å²) in [5, 5.41) is 10.5. The second kappa shape index (κ2) is 7.55. The summed E-state index contributed by atoms with van der Waals surface area (Å²) in [6.45, 7) is 4.18. The van der Waals surface area contributed by atoms with Gasteiger partial charge in [0.2, 0.25) is 5.43 Å². The van der Waals surface area contributed by atoms with Crippen molar-refractivity contribution in [3.05, 3.63) is 74.3 Å². The van der Waals surface area contributed by atoms with E-state index in [0.29, 0.717) is 44.7 Å². The molecule has 2 heterocycles. The number of aromatic nitrogens is 2. The molecule has 0 atom stereocenters. The number of H-pyrrole nitrogens is 1. The number of pyridine rings is 2. The molecule has 3 aromatic rings. The van der Waals surface area contributed by atoms with Crippen LogP contribution >= 0.6 is 23.2 Å². The molecule has 0 aliphatic heterocycles. The summed E-state index contributed by atoms with van der Waals surface area (Å²) in [5.41, 5.74) is 1.73. The van der Waals surface area contributed by atoms with Crippen LogP contribution in [0, 0.1) is 6.92 Å². The molecule has 1 aromatic carbocycles. The maximum atomic E-state index is 13.2. The van der Waals surface area contributed by atoms with Crippen LogP contribution in [-0.4, -0.2) is 15.6 Å². The molecule has 0 bridgehead atoms. The lowest BCUT2D eigenvalue weighted by atomic mass is 9.96. The number of nitrogens with one attached hydrogen (secondary N) is 1. The summed E-state index contributed by atoms with van der Waals surface area (Å²) in [6, 6.07) is 8.32. The number of aromatic carboxylic acids is 1. The lowest BCUT2D eigenvalue weighted by molar-refractivity contribution is -0.377. The standard InChI is InChI=1S/C20H16Cl2N2O3/c1-3-24-11(2)16(12-6-8-23-9-7-12)19(25)17(20(26)27)18(24)13-4-5-14(21)15(22)10-13/h4-10H,3H2,1-2H3,(H,26,27)/p+1. The van der Waals surface area contributed by atoms with E-state index in [1.54, 1.807) is 42.7 Å². The first-order chi connectivity index (χ1) is 12.9. The molecule has 7 heteroatoms. The molecule has 0 saturated carbocycles. The van der Waals surface area contributed by atoms with Crippen molar-refractivity contribution in [2.45, 2.75) is 20.4 Å². The first-order valence-electron chi connectivity index (χ1n) is 8.29. The van der Waals surface area contributed by atoms with E-state index in [1.807, 2.05) is 18.4 Å². The topological polar surface area (TPSA) is 73.4 Å². The van der Waals surface area contributed by atoms with Crippen LogP contribution in [0.15, 0.2) is 47.5 Å². The maximum Gasteiger partial charge on any atom is 0.341 e. The van der Waals surface area contributed by atoms with Gasteiger partial charge in [-0.25, -0.2) is 9.78 Å². The predicted octanol–water partition coefficient (Wildman–Crippen LogP) is 4.33. The quantitative estimate of drug-likeness (QED) is 0.704. The van der Waals surface area contributed by atoms with E-state index in [2.05, 4.69) is 4.98 Å². The van der Waals surface area contributed by atoms with E-state index >= 15 is 0 Å². The number of halogens is 2. The highest BCUT2D eigenvalue weighted by Gasteiger charge is 2.25. The van der Waals surface area contributed by atoms with Gasteiger partial charge in [-0.15, -0.1) is 0 Å². The van der Waals surface area contributed by atoms with Crippen LogP contribution < -0.4 is 10.4 Å². The second-order valence-corrected chi connectivity index (χ2v) is 6.79. The number of hydrogen-bond acceptors (Lipinski definition) is 2. The van der Waals surface area contributed by atoms with E-state index in [4.69, 9.17) is 23.2 Å². The number of rotatable bonds is 4. The average Bonchev–Trinajstić information content (AvgIpc) is 2.64. The second-order valence-electron chi connectivity index (χ2n) is 5.98. The lowest BCUT2D eigenvalue weighted by Gasteiger charge is -2.21. The highest BCUT2D eigenvalue weighted by Crippen LogP contribution is 2.32. The van der Waals surface area contributed by atoms with E-state index in [9.17, 15) is 14.7 Å². The smallest absolute Gasteiger partial charge is 0.341 e. The molecule has 0 fully saturated rings. The number of nitrogens with zero attached hydrogens (tertiary/aromatic N) is 1. The lowest BCUT2D eigenvalue weighted by Crippen LogP contribution is -2.25. The Balaban J connectivity index is 2.46. The van der Waals surface area contributed by atoms with E-state index in [1.165, 1.54) is 0 Å². The van der Waals surface area contributed by atoms with Crippen molar-refractivity contribution in [2.24, 2.45) is 0 Å². The van der Waals surface area contributed by atoms with Crippen molar-refractivity contribution in [3.63, 3.8) is 0 Å². The Kier molecular flexibility index (Phi) is 5.35. The molecule has 0 spiro atoms. The number of carboxylic acids is 1. The molecule has 0 unspecified atom stereocenters. The average molecular weight is 404 g/mol. The third-order valence-corrected chi connectivity index (χ3v) is 5.20. The molecule has 0 saturated heterocycles. The summed E-state index contributed by atoms with van der Waals surface area (Å²) < 4.78 is 1.82. The molecule has 138 valence electrons. The Bertz CT molecular complexity index is 1090. The molecule has 2 N–H and O–H groups in total. The van der Waals surface area contributed by atoms with Gasteiger partial charge in [0.05, 0.1) is 15.7 Å². The van der Waals surface area contributed by atoms with Gasteiger partial charge in [-0.1, -0.05) is 29.3 Å². The highest BCUT2D eigenvalue weighted by atomic mass is 35.5. The predicted molar refractivity (Wildman–Crippen MR) is 106 cm³/mol. The summed E-state index contributed by atoms with van der Waals surface area (Å²) >= 11 is 12.1. The third-order valence-electron chi connectivity index (χ3n) is 4.46. The molecule has 2 aromatic heterocycles. The largest absolute Gasteiger partial charge is 0.477 e. The minimum Gasteiger partial charge on any atom is -0.477 e. The molecule has 27 heavy (non-hydrogen) atoms. The summed E-state index contributed by atoms with van der Waals surface area (Å²) in [7, 11) is 0. The molecule has 0 aliphatic rings. The van der Waals surface area contributed by atoms with Gasteiger partial charge in [-0.2, -0.15) is 0 Å². The molecule has 3 rings (SSSR count). The summed E-state index contributed by atoms with van der Waals surface area (Å²) in [6.07, 6.45) is 3.38. The van der Waals surface area contributed by atoms with Crippen LogP contribution in [0.1, 0.15) is 23.0 Å².